The first-order valence-electron chi connectivity index (χ1n) is 20.4. The van der Waals surface area contributed by atoms with Crippen LogP contribution in [0.15, 0.2) is 48.5 Å². The maximum absolute atomic E-state index is 14.5. The average molecular weight is 814 g/mol. The van der Waals surface area contributed by atoms with Crippen LogP contribution < -0.4 is 4.74 Å². The van der Waals surface area contributed by atoms with Crippen LogP contribution in [0.25, 0.3) is 32.8 Å². The second-order valence-electron chi connectivity index (χ2n) is 18.3. The third-order valence-corrected chi connectivity index (χ3v) is 11.6. The molecule has 0 unspecified atom stereocenters. The molecule has 0 saturated carbocycles. The number of likely N-dealkylation sites (tertiary alicyclic amines) is 2. The summed E-state index contributed by atoms with van der Waals surface area (Å²) < 4.78 is 36.2. The zero-order valence-corrected chi connectivity index (χ0v) is 36.2. The second-order valence-corrected chi connectivity index (χ2v) is 18.7. The molecule has 0 bridgehead atoms. The molecule has 0 N–H and O–H groups in total. The van der Waals surface area contributed by atoms with E-state index in [1.54, 1.807) is 6.07 Å². The number of benzene rings is 3. The van der Waals surface area contributed by atoms with Crippen molar-refractivity contribution in [2.24, 2.45) is 12.5 Å². The highest BCUT2D eigenvalue weighted by atomic mass is 35.5. The Morgan fingerprint density at radius 1 is 0.914 bits per heavy atom. The van der Waals surface area contributed by atoms with Crippen molar-refractivity contribution >= 4 is 45.3 Å². The summed E-state index contributed by atoms with van der Waals surface area (Å²) in [4.78, 5) is 31.8. The number of ether oxygens (including phenoxy) is 3. The first-order valence-corrected chi connectivity index (χ1v) is 20.8. The number of carbonyl (C=O) groups excluding carboxylic acids is 2. The Kier molecular flexibility index (Phi) is 11.4. The van der Waals surface area contributed by atoms with Gasteiger partial charge in [0.2, 0.25) is 0 Å². The van der Waals surface area contributed by atoms with Gasteiger partial charge in [-0.1, -0.05) is 29.8 Å². The Hall–Kier alpha value is -4.61. The Bertz CT molecular complexity index is 2360. The number of rotatable bonds is 10. The lowest BCUT2D eigenvalue weighted by atomic mass is 9.73. The molecular formula is C46H57ClFN5O5. The number of esters is 1. The van der Waals surface area contributed by atoms with Crippen LogP contribution >= 0.6 is 11.6 Å². The summed E-state index contributed by atoms with van der Waals surface area (Å²) in [7, 11) is 1.93. The summed E-state index contributed by atoms with van der Waals surface area (Å²) in [6.45, 7) is 20.1. The molecule has 5 aromatic rings. The fourth-order valence-electron chi connectivity index (χ4n) is 8.93. The number of aryl methyl sites for hydroxylation is 3. The molecule has 4 heterocycles. The van der Waals surface area contributed by atoms with E-state index in [0.717, 1.165) is 75.7 Å². The normalized spacial score (nSPS) is 15.9. The van der Waals surface area contributed by atoms with Gasteiger partial charge in [-0.15, -0.1) is 0 Å². The van der Waals surface area contributed by atoms with Crippen molar-refractivity contribution in [3.8, 4) is 16.9 Å². The number of halogens is 2. The van der Waals surface area contributed by atoms with Crippen molar-refractivity contribution in [1.29, 1.82) is 0 Å². The molecule has 2 fully saturated rings. The monoisotopic (exact) mass is 813 g/mol. The van der Waals surface area contributed by atoms with Gasteiger partial charge in [-0.3, -0.25) is 4.68 Å². The van der Waals surface area contributed by atoms with Gasteiger partial charge >= 0.3 is 12.1 Å². The minimum atomic E-state index is -0.728. The highest BCUT2D eigenvalue weighted by molar-refractivity contribution is 6.35. The highest BCUT2D eigenvalue weighted by Gasteiger charge is 2.47. The molecule has 2 aliphatic rings. The molecule has 0 atom stereocenters. The first-order chi connectivity index (χ1) is 27.3. The van der Waals surface area contributed by atoms with Crippen LogP contribution in [0.5, 0.6) is 5.75 Å². The summed E-state index contributed by atoms with van der Waals surface area (Å²) >= 11 is 7.18. The summed E-state index contributed by atoms with van der Waals surface area (Å²) in [6.07, 6.45) is 2.89. The lowest BCUT2D eigenvalue weighted by Crippen LogP contribution is -2.64. The molecule has 3 aromatic carbocycles. The number of hydrogen-bond acceptors (Lipinski definition) is 7. The SMILES string of the molecule is Cc1nn(C)c(C)c1-c1c(Cl)ccc2c(CCCOc3cccc4cc(F)ccc34)c(C(=O)OC(C)(C)C)n(CCN3CC4(CCCN(C(=O)OC(C)(C)C)C4)C3)c12. The zero-order chi connectivity index (χ0) is 41.7. The minimum absolute atomic E-state index is 0.0176. The molecule has 1 amide bonds. The summed E-state index contributed by atoms with van der Waals surface area (Å²) in [6, 6.07) is 14.3. The van der Waals surface area contributed by atoms with Crippen LogP contribution in [0.4, 0.5) is 9.18 Å². The Morgan fingerprint density at radius 2 is 1.64 bits per heavy atom. The van der Waals surface area contributed by atoms with Crippen molar-refractivity contribution < 1.29 is 28.2 Å². The summed E-state index contributed by atoms with van der Waals surface area (Å²) in [5.41, 5.74) is 4.63. The minimum Gasteiger partial charge on any atom is -0.493 e. The number of nitrogens with zero attached hydrogens (tertiary/aromatic N) is 5. The van der Waals surface area contributed by atoms with E-state index in [1.807, 2.05) is 102 Å². The Labute approximate surface area is 346 Å². The van der Waals surface area contributed by atoms with Crippen molar-refractivity contribution in [3.05, 3.63) is 82.0 Å². The maximum Gasteiger partial charge on any atom is 0.410 e. The van der Waals surface area contributed by atoms with Crippen LogP contribution in [0.2, 0.25) is 5.02 Å². The molecule has 10 nitrogen and oxygen atoms in total. The summed E-state index contributed by atoms with van der Waals surface area (Å²) in [5, 5.41) is 7.88. The van der Waals surface area contributed by atoms with Gasteiger partial charge in [0, 0.05) is 79.3 Å². The third-order valence-electron chi connectivity index (χ3n) is 11.3. The average Bonchev–Trinajstić information content (AvgIpc) is 3.57. The lowest BCUT2D eigenvalue weighted by Gasteiger charge is -2.54. The Balaban J connectivity index is 1.23. The van der Waals surface area contributed by atoms with Crippen molar-refractivity contribution in [1.82, 2.24) is 24.1 Å². The molecule has 2 saturated heterocycles. The van der Waals surface area contributed by atoms with E-state index < -0.39 is 17.2 Å². The highest BCUT2D eigenvalue weighted by Crippen LogP contribution is 2.44. The molecule has 58 heavy (non-hydrogen) atoms. The number of aromatic nitrogens is 3. The maximum atomic E-state index is 14.5. The van der Waals surface area contributed by atoms with Crippen LogP contribution in [-0.2, 0) is 29.5 Å². The van der Waals surface area contributed by atoms with Gasteiger partial charge in [0.15, 0.2) is 0 Å². The fourth-order valence-corrected chi connectivity index (χ4v) is 9.18. The van der Waals surface area contributed by atoms with Gasteiger partial charge in [0.25, 0.3) is 0 Å². The van der Waals surface area contributed by atoms with E-state index in [-0.39, 0.29) is 17.3 Å². The van der Waals surface area contributed by atoms with E-state index in [9.17, 15) is 14.0 Å². The van der Waals surface area contributed by atoms with Crippen LogP contribution in [0.1, 0.15) is 88.2 Å². The summed E-state index contributed by atoms with van der Waals surface area (Å²) in [5.74, 6) is 0.000420. The van der Waals surface area contributed by atoms with E-state index in [4.69, 9.17) is 30.9 Å². The predicted octanol–water partition coefficient (Wildman–Crippen LogP) is 9.90. The molecule has 0 radical (unpaired) electrons. The van der Waals surface area contributed by atoms with Gasteiger partial charge in [-0.2, -0.15) is 5.10 Å². The van der Waals surface area contributed by atoms with Crippen molar-refractivity contribution in [3.63, 3.8) is 0 Å². The quantitative estimate of drug-likeness (QED) is 0.102. The number of carbonyl (C=O) groups is 2. The van der Waals surface area contributed by atoms with Crippen LogP contribution in [0, 0.1) is 25.1 Å². The van der Waals surface area contributed by atoms with Crippen molar-refractivity contribution in [2.45, 2.75) is 98.8 Å². The molecule has 1 spiro atoms. The van der Waals surface area contributed by atoms with Crippen LogP contribution in [-0.4, -0.2) is 86.7 Å². The standard InChI is InChI=1S/C46H57ClFN5O5/c1-29-38(30(2)50(9)49-29)39-36(47)19-18-35-34(14-11-24-56-37-15-10-13-31-25-32(48)16-17-33(31)37)41(42(54)57-44(3,4)5)53(40(35)39)23-22-51-26-46(27-51)20-12-21-52(28-46)43(55)58-45(6,7)8/h10,13,15-19,25H,11-12,14,20-24,26-28H2,1-9H3. The fraction of sp³-hybridized carbons (Fsp3) is 0.500. The molecule has 0 aliphatic carbocycles. The predicted molar refractivity (Wildman–Crippen MR) is 227 cm³/mol. The number of piperidine rings is 1. The largest absolute Gasteiger partial charge is 0.493 e. The van der Waals surface area contributed by atoms with Crippen LogP contribution in [0.3, 0.4) is 0 Å². The smallest absolute Gasteiger partial charge is 0.410 e. The van der Waals surface area contributed by atoms with Gasteiger partial charge < -0.3 is 28.6 Å². The van der Waals surface area contributed by atoms with Crippen molar-refractivity contribution in [2.75, 3.05) is 39.3 Å². The topological polar surface area (TPSA) is 91.1 Å². The van der Waals surface area contributed by atoms with Gasteiger partial charge in [-0.05, 0) is 122 Å². The molecule has 2 aromatic heterocycles. The Morgan fingerprint density at radius 3 is 2.33 bits per heavy atom. The molecule has 310 valence electrons. The van der Waals surface area contributed by atoms with E-state index in [0.29, 0.717) is 62.1 Å². The number of fused-ring (bicyclic) bond motifs is 2. The van der Waals surface area contributed by atoms with Gasteiger partial charge in [0.05, 0.1) is 22.8 Å². The second kappa shape index (κ2) is 15.9. The van der Waals surface area contributed by atoms with E-state index in [1.165, 1.54) is 12.1 Å². The van der Waals surface area contributed by atoms with E-state index >= 15 is 0 Å². The van der Waals surface area contributed by atoms with E-state index in [2.05, 4.69) is 9.47 Å². The zero-order valence-electron chi connectivity index (χ0n) is 35.4. The number of hydrogen-bond donors (Lipinski definition) is 0. The lowest BCUT2D eigenvalue weighted by molar-refractivity contribution is -0.0606. The number of amides is 1. The first kappa shape index (κ1) is 41.5. The molecule has 12 heteroatoms. The molecule has 2 aliphatic heterocycles. The van der Waals surface area contributed by atoms with Gasteiger partial charge in [-0.25, -0.2) is 14.0 Å². The third kappa shape index (κ3) is 8.57. The van der Waals surface area contributed by atoms with Gasteiger partial charge in [0.1, 0.15) is 28.5 Å². The molecule has 7 rings (SSSR count). The molecular weight excluding hydrogens is 757 g/mol.